The second-order valence-electron chi connectivity index (χ2n) is 4.76. The SMILES string of the molecule is CCCCCCCNC(=O)Cc1ccc(O)c(O)c1. The summed E-state index contributed by atoms with van der Waals surface area (Å²) in [6.45, 7) is 2.88. The summed E-state index contributed by atoms with van der Waals surface area (Å²) in [6.07, 6.45) is 6.07. The van der Waals surface area contributed by atoms with Gasteiger partial charge in [-0.1, -0.05) is 38.7 Å². The molecule has 19 heavy (non-hydrogen) atoms. The molecule has 1 amide bonds. The lowest BCUT2D eigenvalue weighted by Crippen LogP contribution is -2.26. The predicted octanol–water partition coefficient (Wildman–Crippen LogP) is 2.73. The first kappa shape index (κ1) is 15.3. The second kappa shape index (κ2) is 8.40. The first-order chi connectivity index (χ1) is 9.13. The number of carbonyl (C=O) groups excluding carboxylic acids is 1. The Balaban J connectivity index is 2.21. The zero-order valence-corrected chi connectivity index (χ0v) is 11.5. The van der Waals surface area contributed by atoms with E-state index >= 15 is 0 Å². The number of hydrogen-bond donors (Lipinski definition) is 3. The summed E-state index contributed by atoms with van der Waals surface area (Å²) < 4.78 is 0. The molecule has 0 heterocycles. The van der Waals surface area contributed by atoms with Gasteiger partial charge in [0.2, 0.25) is 5.91 Å². The zero-order chi connectivity index (χ0) is 14.1. The number of carbonyl (C=O) groups is 1. The summed E-state index contributed by atoms with van der Waals surface area (Å²) in [4.78, 5) is 11.6. The predicted molar refractivity (Wildman–Crippen MR) is 75.2 cm³/mol. The van der Waals surface area contributed by atoms with Crippen molar-refractivity contribution in [3.05, 3.63) is 23.8 Å². The highest BCUT2D eigenvalue weighted by atomic mass is 16.3. The molecule has 3 N–H and O–H groups in total. The van der Waals surface area contributed by atoms with E-state index < -0.39 is 0 Å². The number of phenols is 2. The van der Waals surface area contributed by atoms with Crippen molar-refractivity contribution in [1.29, 1.82) is 0 Å². The Bertz CT molecular complexity index is 404. The molecular weight excluding hydrogens is 242 g/mol. The van der Waals surface area contributed by atoms with Crippen molar-refractivity contribution in [2.24, 2.45) is 0 Å². The molecule has 0 aliphatic heterocycles. The van der Waals surface area contributed by atoms with E-state index in [-0.39, 0.29) is 23.8 Å². The minimum absolute atomic E-state index is 0.0550. The van der Waals surface area contributed by atoms with E-state index in [9.17, 15) is 15.0 Å². The zero-order valence-electron chi connectivity index (χ0n) is 11.5. The van der Waals surface area contributed by atoms with Crippen LogP contribution < -0.4 is 5.32 Å². The van der Waals surface area contributed by atoms with Crippen molar-refractivity contribution >= 4 is 5.91 Å². The van der Waals surface area contributed by atoms with Crippen LogP contribution in [0.3, 0.4) is 0 Å². The number of amides is 1. The summed E-state index contributed by atoms with van der Waals surface area (Å²) in [5.41, 5.74) is 0.693. The molecular formula is C15H23NO3. The number of phenolic OH excluding ortho intramolecular Hbond substituents is 2. The fourth-order valence-electron chi connectivity index (χ4n) is 1.88. The van der Waals surface area contributed by atoms with Crippen LogP contribution in [0, 0.1) is 0 Å². The summed E-state index contributed by atoms with van der Waals surface area (Å²) in [5.74, 6) is -0.412. The fraction of sp³-hybridized carbons (Fsp3) is 0.533. The maximum Gasteiger partial charge on any atom is 0.224 e. The Labute approximate surface area is 114 Å². The molecule has 0 radical (unpaired) electrons. The molecule has 0 spiro atoms. The number of nitrogens with one attached hydrogen (secondary N) is 1. The van der Waals surface area contributed by atoms with Crippen molar-refractivity contribution in [3.63, 3.8) is 0 Å². The fourth-order valence-corrected chi connectivity index (χ4v) is 1.88. The maximum atomic E-state index is 11.6. The average Bonchev–Trinajstić information content (AvgIpc) is 2.38. The summed E-state index contributed by atoms with van der Waals surface area (Å²) >= 11 is 0. The molecule has 1 rings (SSSR count). The lowest BCUT2D eigenvalue weighted by molar-refractivity contribution is -0.120. The van der Waals surface area contributed by atoms with Crippen LogP contribution in [0.15, 0.2) is 18.2 Å². The third kappa shape index (κ3) is 6.13. The van der Waals surface area contributed by atoms with E-state index in [0.717, 1.165) is 12.8 Å². The Kier molecular flexibility index (Phi) is 6.79. The summed E-state index contributed by atoms with van der Waals surface area (Å²) in [6, 6.07) is 4.44. The van der Waals surface area contributed by atoms with Gasteiger partial charge in [-0.15, -0.1) is 0 Å². The van der Waals surface area contributed by atoms with Crippen LogP contribution in [-0.4, -0.2) is 22.7 Å². The highest BCUT2D eigenvalue weighted by Gasteiger charge is 2.05. The third-order valence-electron chi connectivity index (χ3n) is 3.01. The van der Waals surface area contributed by atoms with Crippen LogP contribution in [0.4, 0.5) is 0 Å². The molecule has 0 unspecified atom stereocenters. The highest BCUT2D eigenvalue weighted by molar-refractivity contribution is 5.78. The number of aromatic hydroxyl groups is 2. The Morgan fingerprint density at radius 3 is 2.53 bits per heavy atom. The van der Waals surface area contributed by atoms with Gasteiger partial charge in [0.25, 0.3) is 0 Å². The van der Waals surface area contributed by atoms with Gasteiger partial charge in [0, 0.05) is 6.54 Å². The molecule has 0 atom stereocenters. The molecule has 4 nitrogen and oxygen atoms in total. The molecule has 1 aromatic rings. The van der Waals surface area contributed by atoms with E-state index in [2.05, 4.69) is 12.2 Å². The number of benzene rings is 1. The average molecular weight is 265 g/mol. The largest absolute Gasteiger partial charge is 0.504 e. The lowest BCUT2D eigenvalue weighted by Gasteiger charge is -2.06. The number of rotatable bonds is 8. The monoisotopic (exact) mass is 265 g/mol. The third-order valence-corrected chi connectivity index (χ3v) is 3.01. The van der Waals surface area contributed by atoms with Crippen LogP contribution in [0.5, 0.6) is 11.5 Å². The Hall–Kier alpha value is -1.71. The Morgan fingerprint density at radius 2 is 1.84 bits per heavy atom. The Morgan fingerprint density at radius 1 is 1.11 bits per heavy atom. The van der Waals surface area contributed by atoms with Gasteiger partial charge in [0.15, 0.2) is 11.5 Å². The molecule has 0 saturated carbocycles. The van der Waals surface area contributed by atoms with E-state index in [1.165, 1.54) is 31.4 Å². The van der Waals surface area contributed by atoms with Gasteiger partial charge < -0.3 is 15.5 Å². The van der Waals surface area contributed by atoms with Crippen LogP contribution in [-0.2, 0) is 11.2 Å². The second-order valence-corrected chi connectivity index (χ2v) is 4.76. The normalized spacial score (nSPS) is 10.4. The first-order valence-electron chi connectivity index (χ1n) is 6.91. The minimum Gasteiger partial charge on any atom is -0.504 e. The van der Waals surface area contributed by atoms with Gasteiger partial charge in [0.1, 0.15) is 0 Å². The number of unbranched alkanes of at least 4 members (excludes halogenated alkanes) is 4. The van der Waals surface area contributed by atoms with Crippen LogP contribution in [0.2, 0.25) is 0 Å². The van der Waals surface area contributed by atoms with Crippen LogP contribution >= 0.6 is 0 Å². The molecule has 0 aliphatic carbocycles. The van der Waals surface area contributed by atoms with E-state index in [0.29, 0.717) is 12.1 Å². The van der Waals surface area contributed by atoms with Crippen LogP contribution in [0.25, 0.3) is 0 Å². The van der Waals surface area contributed by atoms with Gasteiger partial charge in [-0.05, 0) is 24.1 Å². The summed E-state index contributed by atoms with van der Waals surface area (Å²) in [5, 5.41) is 21.4. The van der Waals surface area contributed by atoms with E-state index in [4.69, 9.17) is 0 Å². The molecule has 0 bridgehead atoms. The van der Waals surface area contributed by atoms with Crippen molar-refractivity contribution in [3.8, 4) is 11.5 Å². The van der Waals surface area contributed by atoms with Crippen molar-refractivity contribution in [2.45, 2.75) is 45.4 Å². The van der Waals surface area contributed by atoms with Gasteiger partial charge in [-0.2, -0.15) is 0 Å². The number of hydrogen-bond acceptors (Lipinski definition) is 3. The van der Waals surface area contributed by atoms with Gasteiger partial charge in [-0.25, -0.2) is 0 Å². The first-order valence-corrected chi connectivity index (χ1v) is 6.91. The van der Waals surface area contributed by atoms with Gasteiger partial charge in [0.05, 0.1) is 6.42 Å². The molecule has 1 aromatic carbocycles. The summed E-state index contributed by atoms with van der Waals surface area (Å²) in [7, 11) is 0. The van der Waals surface area contributed by atoms with Crippen molar-refractivity contribution in [1.82, 2.24) is 5.32 Å². The molecule has 0 aliphatic rings. The molecule has 0 saturated heterocycles. The molecule has 0 aromatic heterocycles. The van der Waals surface area contributed by atoms with Gasteiger partial charge in [-0.3, -0.25) is 4.79 Å². The minimum atomic E-state index is -0.190. The maximum absolute atomic E-state index is 11.6. The van der Waals surface area contributed by atoms with E-state index in [1.807, 2.05) is 0 Å². The lowest BCUT2D eigenvalue weighted by atomic mass is 10.1. The quantitative estimate of drug-likeness (QED) is 0.500. The smallest absolute Gasteiger partial charge is 0.224 e. The molecule has 0 fully saturated rings. The van der Waals surface area contributed by atoms with Crippen LogP contribution in [0.1, 0.15) is 44.6 Å². The topological polar surface area (TPSA) is 69.6 Å². The van der Waals surface area contributed by atoms with Gasteiger partial charge >= 0.3 is 0 Å². The van der Waals surface area contributed by atoms with Crippen molar-refractivity contribution < 1.29 is 15.0 Å². The van der Waals surface area contributed by atoms with E-state index in [1.54, 1.807) is 6.07 Å². The molecule has 106 valence electrons. The highest BCUT2D eigenvalue weighted by Crippen LogP contribution is 2.24. The van der Waals surface area contributed by atoms with Crippen molar-refractivity contribution in [2.75, 3.05) is 6.54 Å². The molecule has 4 heteroatoms. The standard InChI is InChI=1S/C15H23NO3/c1-2-3-4-5-6-9-16-15(19)11-12-7-8-13(17)14(18)10-12/h7-8,10,17-18H,2-6,9,11H2,1H3,(H,16,19).